The van der Waals surface area contributed by atoms with Gasteiger partial charge in [-0.3, -0.25) is 24.6 Å². The molecule has 32 heavy (non-hydrogen) atoms. The van der Waals surface area contributed by atoms with E-state index in [9.17, 15) is 9.59 Å². The third kappa shape index (κ3) is 4.25. The summed E-state index contributed by atoms with van der Waals surface area (Å²) in [5, 5.41) is 19.0. The summed E-state index contributed by atoms with van der Waals surface area (Å²) in [5.74, 6) is -0.653. The van der Waals surface area contributed by atoms with Gasteiger partial charge in [-0.05, 0) is 48.4 Å². The summed E-state index contributed by atoms with van der Waals surface area (Å²) >= 11 is 0. The number of para-hydroxylation sites is 1. The maximum absolute atomic E-state index is 13.3. The van der Waals surface area contributed by atoms with Crippen molar-refractivity contribution in [3.05, 3.63) is 101 Å². The Labute approximate surface area is 184 Å². The zero-order chi connectivity index (χ0) is 22.7. The molecule has 3 aromatic carbocycles. The van der Waals surface area contributed by atoms with E-state index < -0.39 is 0 Å². The van der Waals surface area contributed by atoms with E-state index in [2.05, 4.69) is 0 Å². The van der Waals surface area contributed by atoms with Gasteiger partial charge in [0, 0.05) is 16.6 Å². The fourth-order valence-electron chi connectivity index (χ4n) is 3.72. The van der Waals surface area contributed by atoms with Gasteiger partial charge in [-0.25, -0.2) is 0 Å². The number of esters is 1. The summed E-state index contributed by atoms with van der Waals surface area (Å²) in [6.07, 6.45) is 0.0440. The molecule has 0 unspecified atom stereocenters. The van der Waals surface area contributed by atoms with E-state index >= 15 is 0 Å². The highest BCUT2D eigenvalue weighted by Gasteiger charge is 2.21. The number of rotatable bonds is 6. The highest BCUT2D eigenvalue weighted by Crippen LogP contribution is 2.28. The van der Waals surface area contributed by atoms with E-state index in [1.54, 1.807) is 11.5 Å². The standard InChI is InChI=1S/C25H22N2O5/c1-17-22(15-24(28)32-16-18-7-3-2-4-8-18)21-9-5-6-10-23(21)26(17)25(29)19-11-13-20(14-12-19)27(30)31/h2-14,30-31H,15-16H2,1H3. The zero-order valence-corrected chi connectivity index (χ0v) is 17.4. The maximum atomic E-state index is 13.3. The molecule has 1 heterocycles. The molecule has 0 spiro atoms. The number of ether oxygens (including phenoxy) is 1. The number of fused-ring (bicyclic) bond motifs is 1. The molecule has 7 nitrogen and oxygen atoms in total. The average Bonchev–Trinajstić information content (AvgIpc) is 3.09. The minimum Gasteiger partial charge on any atom is -0.461 e. The van der Waals surface area contributed by atoms with Crippen molar-refractivity contribution in [2.24, 2.45) is 0 Å². The predicted molar refractivity (Wildman–Crippen MR) is 119 cm³/mol. The first-order valence-corrected chi connectivity index (χ1v) is 10.1. The summed E-state index contributed by atoms with van der Waals surface area (Å²) < 4.78 is 7.01. The van der Waals surface area contributed by atoms with E-state index in [4.69, 9.17) is 15.2 Å². The molecular weight excluding hydrogens is 408 g/mol. The van der Waals surface area contributed by atoms with E-state index in [0.29, 0.717) is 16.8 Å². The molecule has 0 fully saturated rings. The Kier molecular flexibility index (Phi) is 6.02. The summed E-state index contributed by atoms with van der Waals surface area (Å²) in [7, 11) is 0. The fraction of sp³-hybridized carbons (Fsp3) is 0.120. The van der Waals surface area contributed by atoms with Crippen molar-refractivity contribution in [3.63, 3.8) is 0 Å². The lowest BCUT2D eigenvalue weighted by molar-refractivity contribution is -0.144. The van der Waals surface area contributed by atoms with Crippen LogP contribution in [0.5, 0.6) is 0 Å². The molecule has 2 N–H and O–H groups in total. The third-order valence-corrected chi connectivity index (χ3v) is 5.35. The number of hydrogen-bond acceptors (Lipinski definition) is 6. The van der Waals surface area contributed by atoms with Crippen molar-refractivity contribution in [1.29, 1.82) is 0 Å². The van der Waals surface area contributed by atoms with Crippen molar-refractivity contribution in [1.82, 2.24) is 4.57 Å². The molecule has 0 bridgehead atoms. The summed E-state index contributed by atoms with van der Waals surface area (Å²) in [6, 6.07) is 22.7. The van der Waals surface area contributed by atoms with Crippen LogP contribution in [0.25, 0.3) is 10.9 Å². The Morgan fingerprint density at radius 2 is 1.56 bits per heavy atom. The number of nitrogens with zero attached hydrogens (tertiary/aromatic N) is 2. The van der Waals surface area contributed by atoms with Crippen LogP contribution < -0.4 is 5.23 Å². The van der Waals surface area contributed by atoms with E-state index in [-0.39, 0.29) is 35.8 Å². The third-order valence-electron chi connectivity index (χ3n) is 5.35. The predicted octanol–water partition coefficient (Wildman–Crippen LogP) is 4.51. The van der Waals surface area contributed by atoms with Gasteiger partial charge in [-0.1, -0.05) is 48.5 Å². The number of hydrogen-bond donors (Lipinski definition) is 2. The number of carbonyl (C=O) groups is 2. The lowest BCUT2D eigenvalue weighted by Crippen LogP contribution is -2.15. The highest BCUT2D eigenvalue weighted by molar-refractivity contribution is 6.04. The Balaban J connectivity index is 1.63. The Morgan fingerprint density at radius 3 is 2.25 bits per heavy atom. The van der Waals surface area contributed by atoms with Gasteiger partial charge in [0.1, 0.15) is 6.61 Å². The summed E-state index contributed by atoms with van der Waals surface area (Å²) in [6.45, 7) is 1.99. The van der Waals surface area contributed by atoms with Gasteiger partial charge in [0.2, 0.25) is 0 Å². The molecule has 1 aromatic heterocycles. The Morgan fingerprint density at radius 1 is 0.906 bits per heavy atom. The lowest BCUT2D eigenvalue weighted by atomic mass is 10.1. The normalized spacial score (nSPS) is 10.8. The summed E-state index contributed by atoms with van der Waals surface area (Å²) in [4.78, 5) is 25.8. The maximum Gasteiger partial charge on any atom is 0.310 e. The van der Waals surface area contributed by atoms with Gasteiger partial charge in [0.25, 0.3) is 5.91 Å². The first-order chi connectivity index (χ1) is 15.5. The number of carbonyl (C=O) groups excluding carboxylic acids is 2. The molecule has 0 aliphatic rings. The van der Waals surface area contributed by atoms with E-state index in [1.165, 1.54) is 24.3 Å². The molecule has 0 saturated carbocycles. The van der Waals surface area contributed by atoms with Gasteiger partial charge in [0.05, 0.1) is 17.6 Å². The smallest absolute Gasteiger partial charge is 0.310 e. The fourth-order valence-corrected chi connectivity index (χ4v) is 3.72. The van der Waals surface area contributed by atoms with Crippen molar-refractivity contribution in [3.8, 4) is 0 Å². The van der Waals surface area contributed by atoms with Crippen LogP contribution in [-0.2, 0) is 22.6 Å². The molecule has 162 valence electrons. The molecule has 0 amide bonds. The molecule has 4 rings (SSSR count). The van der Waals surface area contributed by atoms with Crippen molar-refractivity contribution in [2.75, 3.05) is 5.23 Å². The highest BCUT2D eigenvalue weighted by atomic mass is 16.8. The molecule has 0 radical (unpaired) electrons. The number of aromatic nitrogens is 1. The topological polar surface area (TPSA) is 92.0 Å². The van der Waals surface area contributed by atoms with E-state index in [0.717, 1.165) is 16.5 Å². The van der Waals surface area contributed by atoms with Crippen molar-refractivity contribution < 1.29 is 24.7 Å². The number of anilines is 1. The van der Waals surface area contributed by atoms with Crippen LogP contribution in [0.4, 0.5) is 5.69 Å². The molecule has 7 heteroatoms. The second kappa shape index (κ2) is 9.05. The molecular formula is C25H22N2O5. The summed E-state index contributed by atoms with van der Waals surface area (Å²) in [5.41, 5.74) is 3.50. The molecule has 0 saturated heterocycles. The second-order valence-electron chi connectivity index (χ2n) is 7.38. The Hall–Kier alpha value is -3.94. The first kappa shape index (κ1) is 21.3. The van der Waals surface area contributed by atoms with Crippen LogP contribution in [0, 0.1) is 6.92 Å². The minimum atomic E-state index is -0.373. The second-order valence-corrected chi connectivity index (χ2v) is 7.38. The van der Waals surface area contributed by atoms with Crippen LogP contribution in [-0.4, -0.2) is 26.9 Å². The lowest BCUT2D eigenvalue weighted by Gasteiger charge is -2.10. The monoisotopic (exact) mass is 430 g/mol. The first-order valence-electron chi connectivity index (χ1n) is 10.1. The molecule has 0 aliphatic carbocycles. The van der Waals surface area contributed by atoms with Crippen molar-refractivity contribution >= 4 is 28.5 Å². The van der Waals surface area contributed by atoms with Gasteiger partial charge in [-0.15, -0.1) is 5.23 Å². The van der Waals surface area contributed by atoms with Gasteiger partial charge in [-0.2, -0.15) is 0 Å². The van der Waals surface area contributed by atoms with Crippen LogP contribution in [0.3, 0.4) is 0 Å². The largest absolute Gasteiger partial charge is 0.461 e. The van der Waals surface area contributed by atoms with E-state index in [1.807, 2.05) is 54.6 Å². The average molecular weight is 430 g/mol. The number of benzene rings is 3. The van der Waals surface area contributed by atoms with Crippen molar-refractivity contribution in [2.45, 2.75) is 20.0 Å². The van der Waals surface area contributed by atoms with Crippen LogP contribution in [0.2, 0.25) is 0 Å². The van der Waals surface area contributed by atoms with Crippen LogP contribution in [0.1, 0.15) is 27.2 Å². The van der Waals surface area contributed by atoms with Gasteiger partial charge in [0.15, 0.2) is 0 Å². The SMILES string of the molecule is Cc1c(CC(=O)OCc2ccccc2)c2ccccc2n1C(=O)c1ccc(N(O)O)cc1. The van der Waals surface area contributed by atoms with Gasteiger partial charge >= 0.3 is 5.97 Å². The molecule has 0 aliphatic heterocycles. The van der Waals surface area contributed by atoms with Gasteiger partial charge < -0.3 is 4.74 Å². The van der Waals surface area contributed by atoms with Crippen LogP contribution in [0.15, 0.2) is 78.9 Å². The minimum absolute atomic E-state index is 0.0102. The zero-order valence-electron chi connectivity index (χ0n) is 17.4. The quantitative estimate of drug-likeness (QED) is 0.345. The van der Waals surface area contributed by atoms with Crippen LogP contribution >= 0.6 is 0 Å². The molecule has 0 atom stereocenters. The Bertz CT molecular complexity index is 1260. The molecule has 4 aromatic rings.